The second kappa shape index (κ2) is 6.18. The minimum absolute atomic E-state index is 0.0663. The van der Waals surface area contributed by atoms with Crippen LogP contribution in [-0.2, 0) is 11.3 Å². The molecule has 1 aromatic carbocycles. The third-order valence-electron chi connectivity index (χ3n) is 3.01. The van der Waals surface area contributed by atoms with Gasteiger partial charge < -0.3 is 11.1 Å². The van der Waals surface area contributed by atoms with E-state index in [4.69, 9.17) is 5.73 Å². The quantitative estimate of drug-likeness (QED) is 0.807. The normalized spacial score (nSPS) is 12.1. The van der Waals surface area contributed by atoms with Crippen LogP contribution < -0.4 is 11.1 Å². The summed E-state index contributed by atoms with van der Waals surface area (Å²) < 4.78 is 1.52. The van der Waals surface area contributed by atoms with E-state index >= 15 is 0 Å². The molecule has 2 aromatic rings. The molecule has 0 aliphatic heterocycles. The number of amides is 1. The number of hydrogen-bond donors (Lipinski definition) is 2. The zero-order chi connectivity index (χ0) is 14.5. The summed E-state index contributed by atoms with van der Waals surface area (Å²) in [7, 11) is 0. The number of benzene rings is 1. The van der Waals surface area contributed by atoms with E-state index in [1.807, 2.05) is 26.0 Å². The standard InChI is InChI=1S/C14H19N5O/c1-3-10(2)17-13(20)8-19-9-16-14(18-19)11-5-4-6-12(15)7-11/h4-7,9-10H,3,8,15H2,1-2H3,(H,17,20). The first-order valence-corrected chi connectivity index (χ1v) is 6.63. The molecule has 1 aromatic heterocycles. The molecule has 3 N–H and O–H groups in total. The van der Waals surface area contributed by atoms with Gasteiger partial charge in [-0.05, 0) is 25.5 Å². The van der Waals surface area contributed by atoms with Crippen molar-refractivity contribution in [2.75, 3.05) is 5.73 Å². The van der Waals surface area contributed by atoms with Crippen molar-refractivity contribution >= 4 is 11.6 Å². The number of rotatable bonds is 5. The Balaban J connectivity index is 2.04. The maximum Gasteiger partial charge on any atom is 0.242 e. The Hall–Kier alpha value is -2.37. The lowest BCUT2D eigenvalue weighted by atomic mass is 10.2. The first-order chi connectivity index (χ1) is 9.58. The van der Waals surface area contributed by atoms with Crippen molar-refractivity contribution in [1.29, 1.82) is 0 Å². The van der Waals surface area contributed by atoms with Gasteiger partial charge in [-0.2, -0.15) is 5.10 Å². The Morgan fingerprint density at radius 1 is 1.50 bits per heavy atom. The number of nitrogen functional groups attached to an aromatic ring is 1. The molecular weight excluding hydrogens is 254 g/mol. The molecule has 106 valence electrons. The summed E-state index contributed by atoms with van der Waals surface area (Å²) in [5, 5.41) is 7.17. The topological polar surface area (TPSA) is 85.8 Å². The highest BCUT2D eigenvalue weighted by atomic mass is 16.2. The fourth-order valence-electron chi connectivity index (χ4n) is 1.75. The molecule has 0 aliphatic carbocycles. The molecule has 20 heavy (non-hydrogen) atoms. The summed E-state index contributed by atoms with van der Waals surface area (Å²) in [4.78, 5) is 16.0. The molecule has 0 aliphatic rings. The Labute approximate surface area is 118 Å². The van der Waals surface area contributed by atoms with Gasteiger partial charge in [0.1, 0.15) is 12.9 Å². The van der Waals surface area contributed by atoms with Gasteiger partial charge in [-0.15, -0.1) is 0 Å². The van der Waals surface area contributed by atoms with Gasteiger partial charge in [0.25, 0.3) is 0 Å². The predicted octanol–water partition coefficient (Wildman–Crippen LogP) is 1.44. The minimum Gasteiger partial charge on any atom is -0.399 e. The first kappa shape index (κ1) is 14.0. The molecule has 0 saturated heterocycles. The van der Waals surface area contributed by atoms with Crippen molar-refractivity contribution in [3.63, 3.8) is 0 Å². The van der Waals surface area contributed by atoms with E-state index in [0.29, 0.717) is 11.5 Å². The molecule has 6 heteroatoms. The summed E-state index contributed by atoms with van der Waals surface area (Å²) >= 11 is 0. The molecule has 2 rings (SSSR count). The number of aromatic nitrogens is 3. The molecule has 1 atom stereocenters. The molecular formula is C14H19N5O. The second-order valence-electron chi connectivity index (χ2n) is 4.77. The van der Waals surface area contributed by atoms with Gasteiger partial charge in [-0.25, -0.2) is 9.67 Å². The summed E-state index contributed by atoms with van der Waals surface area (Å²) in [5.74, 6) is 0.497. The van der Waals surface area contributed by atoms with Crippen molar-refractivity contribution in [1.82, 2.24) is 20.1 Å². The number of carbonyl (C=O) groups is 1. The third kappa shape index (κ3) is 3.57. The second-order valence-corrected chi connectivity index (χ2v) is 4.77. The zero-order valence-corrected chi connectivity index (χ0v) is 11.7. The number of hydrogen-bond acceptors (Lipinski definition) is 4. The number of nitrogens with two attached hydrogens (primary N) is 1. The lowest BCUT2D eigenvalue weighted by Crippen LogP contribution is -2.34. The van der Waals surface area contributed by atoms with Gasteiger partial charge in [0, 0.05) is 17.3 Å². The molecule has 0 saturated carbocycles. The molecule has 1 heterocycles. The van der Waals surface area contributed by atoms with Crippen LogP contribution in [0.1, 0.15) is 20.3 Å². The van der Waals surface area contributed by atoms with E-state index in [0.717, 1.165) is 12.0 Å². The number of anilines is 1. The number of carbonyl (C=O) groups excluding carboxylic acids is 1. The summed E-state index contributed by atoms with van der Waals surface area (Å²) in [6, 6.07) is 7.51. The average molecular weight is 273 g/mol. The molecule has 1 unspecified atom stereocenters. The van der Waals surface area contributed by atoms with Crippen molar-refractivity contribution in [2.45, 2.75) is 32.9 Å². The Kier molecular flexibility index (Phi) is 4.34. The Bertz CT molecular complexity index is 593. The average Bonchev–Trinajstić information content (AvgIpc) is 2.87. The van der Waals surface area contributed by atoms with Crippen LogP contribution in [0.15, 0.2) is 30.6 Å². The van der Waals surface area contributed by atoms with Gasteiger partial charge in [-0.1, -0.05) is 19.1 Å². The molecule has 6 nitrogen and oxygen atoms in total. The van der Waals surface area contributed by atoms with Crippen molar-refractivity contribution in [2.24, 2.45) is 0 Å². The van der Waals surface area contributed by atoms with Crippen LogP contribution in [0.2, 0.25) is 0 Å². The maximum atomic E-state index is 11.8. The van der Waals surface area contributed by atoms with Crippen LogP contribution >= 0.6 is 0 Å². The molecule has 1 amide bonds. The van der Waals surface area contributed by atoms with Crippen LogP contribution in [-0.4, -0.2) is 26.7 Å². The van der Waals surface area contributed by atoms with Crippen molar-refractivity contribution in [3.05, 3.63) is 30.6 Å². The molecule has 0 fully saturated rings. The van der Waals surface area contributed by atoms with E-state index in [1.54, 1.807) is 18.5 Å². The van der Waals surface area contributed by atoms with Crippen LogP contribution in [0.25, 0.3) is 11.4 Å². The van der Waals surface area contributed by atoms with Crippen LogP contribution in [0.3, 0.4) is 0 Å². The minimum atomic E-state index is -0.0663. The Morgan fingerprint density at radius 2 is 2.30 bits per heavy atom. The van der Waals surface area contributed by atoms with E-state index in [-0.39, 0.29) is 18.5 Å². The van der Waals surface area contributed by atoms with E-state index in [2.05, 4.69) is 15.4 Å². The zero-order valence-electron chi connectivity index (χ0n) is 11.7. The third-order valence-corrected chi connectivity index (χ3v) is 3.01. The van der Waals surface area contributed by atoms with Crippen molar-refractivity contribution in [3.8, 4) is 11.4 Å². The van der Waals surface area contributed by atoms with E-state index in [1.165, 1.54) is 4.68 Å². The largest absolute Gasteiger partial charge is 0.399 e. The Morgan fingerprint density at radius 3 is 3.00 bits per heavy atom. The van der Waals surface area contributed by atoms with Crippen LogP contribution in [0.4, 0.5) is 5.69 Å². The lowest BCUT2D eigenvalue weighted by molar-refractivity contribution is -0.122. The van der Waals surface area contributed by atoms with E-state index < -0.39 is 0 Å². The van der Waals surface area contributed by atoms with Gasteiger partial charge in [0.05, 0.1) is 0 Å². The van der Waals surface area contributed by atoms with Crippen LogP contribution in [0, 0.1) is 0 Å². The van der Waals surface area contributed by atoms with Gasteiger partial charge in [-0.3, -0.25) is 4.79 Å². The smallest absolute Gasteiger partial charge is 0.242 e. The van der Waals surface area contributed by atoms with Crippen LogP contribution in [0.5, 0.6) is 0 Å². The maximum absolute atomic E-state index is 11.8. The van der Waals surface area contributed by atoms with E-state index in [9.17, 15) is 4.79 Å². The highest BCUT2D eigenvalue weighted by Crippen LogP contribution is 2.16. The summed E-state index contributed by atoms with van der Waals surface area (Å²) in [5.41, 5.74) is 7.23. The lowest BCUT2D eigenvalue weighted by Gasteiger charge is -2.10. The van der Waals surface area contributed by atoms with Crippen molar-refractivity contribution < 1.29 is 4.79 Å². The molecule has 0 radical (unpaired) electrons. The van der Waals surface area contributed by atoms with Gasteiger partial charge in [0.2, 0.25) is 5.91 Å². The first-order valence-electron chi connectivity index (χ1n) is 6.63. The monoisotopic (exact) mass is 273 g/mol. The fraction of sp³-hybridized carbons (Fsp3) is 0.357. The SMILES string of the molecule is CCC(C)NC(=O)Cn1cnc(-c2cccc(N)c2)n1. The molecule has 0 bridgehead atoms. The van der Waals surface area contributed by atoms with Gasteiger partial charge >= 0.3 is 0 Å². The predicted molar refractivity (Wildman–Crippen MR) is 77.8 cm³/mol. The summed E-state index contributed by atoms with van der Waals surface area (Å²) in [6.45, 7) is 4.16. The highest BCUT2D eigenvalue weighted by molar-refractivity contribution is 5.75. The number of nitrogens with one attached hydrogen (secondary N) is 1. The number of nitrogens with zero attached hydrogens (tertiary/aromatic N) is 3. The van der Waals surface area contributed by atoms with Gasteiger partial charge in [0.15, 0.2) is 5.82 Å². The molecule has 0 spiro atoms. The highest BCUT2D eigenvalue weighted by Gasteiger charge is 2.09. The fourth-order valence-corrected chi connectivity index (χ4v) is 1.75. The summed E-state index contributed by atoms with van der Waals surface area (Å²) in [6.07, 6.45) is 2.45.